The van der Waals surface area contributed by atoms with Gasteiger partial charge in [0.1, 0.15) is 12.1 Å². The van der Waals surface area contributed by atoms with Crippen molar-refractivity contribution in [2.75, 3.05) is 0 Å². The molecule has 1 aliphatic heterocycles. The summed E-state index contributed by atoms with van der Waals surface area (Å²) in [6.45, 7) is 8.36. The second-order valence-electron chi connectivity index (χ2n) is 6.09. The molecule has 1 aliphatic rings. The van der Waals surface area contributed by atoms with Gasteiger partial charge in [0.05, 0.1) is 10.3 Å². The SMILES string of the molecule is CC(C)C1NC(=O)C(C(C)C)N(Cc2ccc(Br)s2)C1=O. The van der Waals surface area contributed by atoms with Crippen molar-refractivity contribution < 1.29 is 9.59 Å². The number of hydrogen-bond donors (Lipinski definition) is 1. The van der Waals surface area contributed by atoms with Gasteiger partial charge >= 0.3 is 0 Å². The van der Waals surface area contributed by atoms with Crippen molar-refractivity contribution in [2.45, 2.75) is 46.3 Å². The normalized spacial score (nSPS) is 23.1. The Hall–Kier alpha value is -0.880. The molecule has 1 fully saturated rings. The number of carbonyl (C=O) groups is 2. The van der Waals surface area contributed by atoms with Crippen LogP contribution in [-0.2, 0) is 16.1 Å². The largest absolute Gasteiger partial charge is 0.342 e. The summed E-state index contributed by atoms with van der Waals surface area (Å²) >= 11 is 5.04. The minimum Gasteiger partial charge on any atom is -0.342 e. The van der Waals surface area contributed by atoms with Gasteiger partial charge in [0.15, 0.2) is 0 Å². The van der Waals surface area contributed by atoms with Gasteiger partial charge in [0.2, 0.25) is 11.8 Å². The fourth-order valence-electron chi connectivity index (χ4n) is 2.65. The maximum absolute atomic E-state index is 12.7. The molecule has 2 heterocycles. The molecule has 6 heteroatoms. The first-order chi connectivity index (χ1) is 9.81. The minimum absolute atomic E-state index is 0.0211. The Morgan fingerprint density at radius 2 is 1.90 bits per heavy atom. The lowest BCUT2D eigenvalue weighted by atomic mass is 9.93. The standard InChI is InChI=1S/C15H21BrN2O2S/c1-8(2)12-15(20)18(7-10-5-6-11(16)21-10)13(9(3)4)14(19)17-12/h5-6,8-9,12-13H,7H2,1-4H3,(H,17,19). The van der Waals surface area contributed by atoms with Crippen LogP contribution in [0.2, 0.25) is 0 Å². The van der Waals surface area contributed by atoms with Crippen LogP contribution in [0, 0.1) is 11.8 Å². The van der Waals surface area contributed by atoms with Gasteiger partial charge in [-0.25, -0.2) is 0 Å². The smallest absolute Gasteiger partial charge is 0.246 e. The summed E-state index contributed by atoms with van der Waals surface area (Å²) in [6, 6.07) is 3.15. The number of rotatable bonds is 4. The quantitative estimate of drug-likeness (QED) is 0.882. The topological polar surface area (TPSA) is 49.4 Å². The molecule has 0 saturated carbocycles. The van der Waals surface area contributed by atoms with Crippen LogP contribution in [0.3, 0.4) is 0 Å². The summed E-state index contributed by atoms with van der Waals surface area (Å²) in [5, 5.41) is 2.88. The first-order valence-electron chi connectivity index (χ1n) is 7.16. The van der Waals surface area contributed by atoms with Gasteiger partial charge in [-0.3, -0.25) is 9.59 Å². The maximum Gasteiger partial charge on any atom is 0.246 e. The third kappa shape index (κ3) is 3.48. The van der Waals surface area contributed by atoms with Crippen LogP contribution in [0.15, 0.2) is 15.9 Å². The van der Waals surface area contributed by atoms with Crippen molar-refractivity contribution in [1.82, 2.24) is 10.2 Å². The number of carbonyl (C=O) groups excluding carboxylic acids is 2. The number of hydrogen-bond acceptors (Lipinski definition) is 3. The number of nitrogens with zero attached hydrogens (tertiary/aromatic N) is 1. The van der Waals surface area contributed by atoms with E-state index < -0.39 is 12.1 Å². The zero-order valence-electron chi connectivity index (χ0n) is 12.7. The lowest BCUT2D eigenvalue weighted by molar-refractivity contribution is -0.153. The van der Waals surface area contributed by atoms with Gasteiger partial charge in [-0.15, -0.1) is 11.3 Å². The molecule has 4 nitrogen and oxygen atoms in total. The van der Waals surface area contributed by atoms with Crippen LogP contribution in [0.5, 0.6) is 0 Å². The summed E-state index contributed by atoms with van der Waals surface area (Å²) in [7, 11) is 0. The first kappa shape index (κ1) is 16.5. The van der Waals surface area contributed by atoms with E-state index in [9.17, 15) is 9.59 Å². The van der Waals surface area contributed by atoms with Gasteiger partial charge in [-0.1, -0.05) is 27.7 Å². The van der Waals surface area contributed by atoms with Gasteiger partial charge in [-0.05, 0) is 39.9 Å². The fourth-order valence-corrected chi connectivity index (χ4v) is 4.14. The van der Waals surface area contributed by atoms with Crippen molar-refractivity contribution in [3.05, 3.63) is 20.8 Å². The highest BCUT2D eigenvalue weighted by atomic mass is 79.9. The molecular formula is C15H21BrN2O2S. The van der Waals surface area contributed by atoms with Crippen LogP contribution in [0.4, 0.5) is 0 Å². The molecule has 21 heavy (non-hydrogen) atoms. The average Bonchev–Trinajstić information content (AvgIpc) is 2.78. The van der Waals surface area contributed by atoms with E-state index >= 15 is 0 Å². The molecule has 0 radical (unpaired) electrons. The Morgan fingerprint density at radius 3 is 2.38 bits per heavy atom. The number of piperazine rings is 1. The van der Waals surface area contributed by atoms with Crippen LogP contribution < -0.4 is 5.32 Å². The highest BCUT2D eigenvalue weighted by Crippen LogP contribution is 2.27. The van der Waals surface area contributed by atoms with Crippen LogP contribution in [0.1, 0.15) is 32.6 Å². The van der Waals surface area contributed by atoms with Crippen molar-refractivity contribution in [3.63, 3.8) is 0 Å². The highest BCUT2D eigenvalue weighted by Gasteiger charge is 2.42. The Kier molecular flexibility index (Phi) is 5.09. The molecular weight excluding hydrogens is 352 g/mol. The van der Waals surface area contributed by atoms with Crippen molar-refractivity contribution in [1.29, 1.82) is 0 Å². The van der Waals surface area contributed by atoms with Crippen LogP contribution in [0.25, 0.3) is 0 Å². The van der Waals surface area contributed by atoms with Gasteiger partial charge in [0, 0.05) is 4.88 Å². The second kappa shape index (κ2) is 6.48. The molecule has 2 unspecified atom stereocenters. The summed E-state index contributed by atoms with van der Waals surface area (Å²) < 4.78 is 1.04. The molecule has 2 rings (SSSR count). The molecule has 0 spiro atoms. The summed E-state index contributed by atoms with van der Waals surface area (Å²) in [6.07, 6.45) is 0. The number of amides is 2. The number of nitrogens with one attached hydrogen (secondary N) is 1. The predicted octanol–water partition coefficient (Wildman–Crippen LogP) is 3.02. The monoisotopic (exact) mass is 372 g/mol. The zero-order valence-corrected chi connectivity index (χ0v) is 15.1. The second-order valence-corrected chi connectivity index (χ2v) is 8.64. The van der Waals surface area contributed by atoms with E-state index in [4.69, 9.17) is 0 Å². The van der Waals surface area contributed by atoms with E-state index in [1.807, 2.05) is 39.8 Å². The Balaban J connectivity index is 2.29. The third-order valence-corrected chi connectivity index (χ3v) is 5.31. The average molecular weight is 373 g/mol. The van der Waals surface area contributed by atoms with E-state index in [1.54, 1.807) is 16.2 Å². The van der Waals surface area contributed by atoms with Crippen LogP contribution >= 0.6 is 27.3 Å². The van der Waals surface area contributed by atoms with Gasteiger partial charge in [0.25, 0.3) is 0 Å². The lowest BCUT2D eigenvalue weighted by Crippen LogP contribution is -2.65. The van der Waals surface area contributed by atoms with E-state index in [2.05, 4.69) is 21.2 Å². The van der Waals surface area contributed by atoms with Crippen molar-refractivity contribution in [2.24, 2.45) is 11.8 Å². The summed E-state index contributed by atoms with van der Waals surface area (Å²) in [5.74, 6) is 0.157. The molecule has 116 valence electrons. The third-order valence-electron chi connectivity index (χ3n) is 3.70. The molecule has 2 amide bonds. The molecule has 0 aromatic carbocycles. The van der Waals surface area contributed by atoms with Gasteiger partial charge in [-0.2, -0.15) is 0 Å². The molecule has 1 N–H and O–H groups in total. The number of thiophene rings is 1. The zero-order chi connectivity index (χ0) is 15.7. The molecule has 1 aromatic heterocycles. The van der Waals surface area contributed by atoms with Crippen molar-refractivity contribution in [3.8, 4) is 0 Å². The first-order valence-corrected chi connectivity index (χ1v) is 8.77. The van der Waals surface area contributed by atoms with Crippen LogP contribution in [-0.4, -0.2) is 28.8 Å². The minimum atomic E-state index is -0.420. The van der Waals surface area contributed by atoms with E-state index in [-0.39, 0.29) is 23.7 Å². The Morgan fingerprint density at radius 1 is 1.24 bits per heavy atom. The molecule has 0 aliphatic carbocycles. The molecule has 0 bridgehead atoms. The molecule has 1 aromatic rings. The summed E-state index contributed by atoms with van der Waals surface area (Å²) in [4.78, 5) is 28.0. The van der Waals surface area contributed by atoms with Crippen molar-refractivity contribution >= 4 is 39.1 Å². The maximum atomic E-state index is 12.7. The number of halogens is 1. The summed E-state index contributed by atoms with van der Waals surface area (Å²) in [5.41, 5.74) is 0. The molecule has 2 atom stereocenters. The predicted molar refractivity (Wildman–Crippen MR) is 88.0 cm³/mol. The molecule has 1 saturated heterocycles. The van der Waals surface area contributed by atoms with E-state index in [1.165, 1.54) is 0 Å². The Labute approximate surface area is 138 Å². The Bertz CT molecular complexity index is 542. The lowest BCUT2D eigenvalue weighted by Gasteiger charge is -2.41. The van der Waals surface area contributed by atoms with Gasteiger partial charge < -0.3 is 10.2 Å². The van der Waals surface area contributed by atoms with E-state index in [0.717, 1.165) is 8.66 Å². The highest BCUT2D eigenvalue weighted by molar-refractivity contribution is 9.11. The fraction of sp³-hybridized carbons (Fsp3) is 0.600. The van der Waals surface area contributed by atoms with E-state index in [0.29, 0.717) is 6.54 Å².